The average molecular weight is 441 g/mol. The van der Waals surface area contributed by atoms with Crippen LogP contribution < -0.4 is 9.47 Å². The fourth-order valence-electron chi connectivity index (χ4n) is 3.48. The fraction of sp³-hybridized carbons (Fsp3) is 0.593. The fourth-order valence-corrected chi connectivity index (χ4v) is 3.48. The van der Waals surface area contributed by atoms with Crippen molar-refractivity contribution in [3.63, 3.8) is 0 Å². The quantitative estimate of drug-likeness (QED) is 0.155. The highest BCUT2D eigenvalue weighted by atomic mass is 16.5. The van der Waals surface area contributed by atoms with E-state index in [1.54, 1.807) is 24.5 Å². The van der Waals surface area contributed by atoms with Crippen LogP contribution in [0.25, 0.3) is 11.4 Å². The zero-order valence-electron chi connectivity index (χ0n) is 20.1. The first-order valence-corrected chi connectivity index (χ1v) is 12.4. The van der Waals surface area contributed by atoms with E-state index in [9.17, 15) is 4.79 Å². The molecule has 32 heavy (non-hydrogen) atoms. The second-order valence-electron chi connectivity index (χ2n) is 8.55. The molecule has 0 N–H and O–H groups in total. The number of benzene rings is 1. The van der Waals surface area contributed by atoms with Crippen LogP contribution in [0.4, 0.5) is 0 Å². The van der Waals surface area contributed by atoms with E-state index in [4.69, 9.17) is 9.47 Å². The molecule has 0 fully saturated rings. The van der Waals surface area contributed by atoms with Crippen molar-refractivity contribution < 1.29 is 14.3 Å². The molecule has 0 radical (unpaired) electrons. The van der Waals surface area contributed by atoms with Gasteiger partial charge in [-0.05, 0) is 37.1 Å². The molecule has 0 saturated carbocycles. The Labute approximate surface area is 194 Å². The summed E-state index contributed by atoms with van der Waals surface area (Å²) in [7, 11) is 0. The van der Waals surface area contributed by atoms with E-state index in [-0.39, 0.29) is 11.9 Å². The summed E-state index contributed by atoms with van der Waals surface area (Å²) < 4.78 is 11.3. The zero-order valence-corrected chi connectivity index (χ0v) is 20.1. The van der Waals surface area contributed by atoms with Gasteiger partial charge in [0.2, 0.25) is 0 Å². The van der Waals surface area contributed by atoms with Gasteiger partial charge in [0.25, 0.3) is 0 Å². The summed E-state index contributed by atoms with van der Waals surface area (Å²) in [5.74, 6) is 1.60. The van der Waals surface area contributed by atoms with Crippen molar-refractivity contribution in [1.82, 2.24) is 9.97 Å². The molecule has 5 nitrogen and oxygen atoms in total. The van der Waals surface area contributed by atoms with E-state index >= 15 is 0 Å². The Bertz CT molecular complexity index is 759. The predicted octanol–water partition coefficient (Wildman–Crippen LogP) is 7.39. The number of esters is 1. The molecule has 0 saturated heterocycles. The van der Waals surface area contributed by atoms with Crippen molar-refractivity contribution in [3.8, 4) is 22.9 Å². The van der Waals surface area contributed by atoms with Crippen LogP contribution in [0.3, 0.4) is 0 Å². The average Bonchev–Trinajstić information content (AvgIpc) is 2.82. The summed E-state index contributed by atoms with van der Waals surface area (Å²) >= 11 is 0. The maximum Gasteiger partial charge on any atom is 0.314 e. The molecule has 1 atom stereocenters. The Balaban J connectivity index is 1.71. The van der Waals surface area contributed by atoms with Gasteiger partial charge in [0, 0.05) is 5.56 Å². The molecule has 176 valence electrons. The summed E-state index contributed by atoms with van der Waals surface area (Å²) in [6.45, 7) is 6.99. The van der Waals surface area contributed by atoms with E-state index in [1.165, 1.54) is 44.9 Å². The van der Waals surface area contributed by atoms with Gasteiger partial charge in [0.1, 0.15) is 5.75 Å². The second-order valence-corrected chi connectivity index (χ2v) is 8.55. The van der Waals surface area contributed by atoms with Gasteiger partial charge in [0.15, 0.2) is 11.6 Å². The van der Waals surface area contributed by atoms with Gasteiger partial charge < -0.3 is 9.47 Å². The Morgan fingerprint density at radius 3 is 2.03 bits per heavy atom. The van der Waals surface area contributed by atoms with E-state index in [1.807, 2.05) is 19.1 Å². The van der Waals surface area contributed by atoms with Gasteiger partial charge in [-0.2, -0.15) is 0 Å². The van der Waals surface area contributed by atoms with E-state index in [2.05, 4.69) is 23.8 Å². The number of hydrogen-bond acceptors (Lipinski definition) is 5. The summed E-state index contributed by atoms with van der Waals surface area (Å²) in [5.41, 5.74) is 0.874. The first-order chi connectivity index (χ1) is 15.6. The number of unbranched alkanes of at least 4 members (excludes halogenated alkanes) is 8. The minimum Gasteiger partial charge on any atom is -0.490 e. The number of rotatable bonds is 16. The van der Waals surface area contributed by atoms with Gasteiger partial charge in [-0.25, -0.2) is 9.97 Å². The van der Waals surface area contributed by atoms with E-state index < -0.39 is 0 Å². The van der Waals surface area contributed by atoms with Crippen LogP contribution in [0.15, 0.2) is 36.7 Å². The van der Waals surface area contributed by atoms with Crippen LogP contribution in [0, 0.1) is 5.92 Å². The van der Waals surface area contributed by atoms with Crippen molar-refractivity contribution in [2.24, 2.45) is 5.92 Å². The summed E-state index contributed by atoms with van der Waals surface area (Å²) in [5, 5.41) is 0. The van der Waals surface area contributed by atoms with Gasteiger partial charge in [0.05, 0.1) is 24.9 Å². The van der Waals surface area contributed by atoms with Crippen molar-refractivity contribution in [2.45, 2.75) is 91.4 Å². The standard InChI is InChI=1S/C27H40N2O3/c1-4-6-8-9-10-11-12-13-19-31-25-20-28-26(29-21-25)23-15-17-24(18-16-23)32-27(30)22(3)14-7-5-2/h15-18,20-22H,4-14,19H2,1-3H3. The third kappa shape index (κ3) is 9.80. The Morgan fingerprint density at radius 2 is 1.41 bits per heavy atom. The van der Waals surface area contributed by atoms with Crippen molar-refractivity contribution in [1.29, 1.82) is 0 Å². The second kappa shape index (κ2) is 15.4. The lowest BCUT2D eigenvalue weighted by Gasteiger charge is -2.11. The molecular weight excluding hydrogens is 400 g/mol. The van der Waals surface area contributed by atoms with Crippen LogP contribution in [0.1, 0.15) is 91.4 Å². The summed E-state index contributed by atoms with van der Waals surface area (Å²) in [6.07, 6.45) is 16.7. The molecule has 0 spiro atoms. The number of carbonyl (C=O) groups excluding carboxylic acids is 1. The molecule has 1 heterocycles. The molecule has 1 aromatic carbocycles. The molecule has 2 aromatic rings. The molecule has 2 rings (SSSR count). The summed E-state index contributed by atoms with van der Waals surface area (Å²) in [6, 6.07) is 7.32. The number of ether oxygens (including phenoxy) is 2. The smallest absolute Gasteiger partial charge is 0.314 e. The third-order valence-corrected chi connectivity index (χ3v) is 5.62. The highest BCUT2D eigenvalue weighted by molar-refractivity contribution is 5.75. The van der Waals surface area contributed by atoms with Crippen LogP contribution in [0.5, 0.6) is 11.5 Å². The molecular formula is C27H40N2O3. The van der Waals surface area contributed by atoms with Gasteiger partial charge in [-0.1, -0.05) is 78.6 Å². The highest BCUT2D eigenvalue weighted by Gasteiger charge is 2.15. The van der Waals surface area contributed by atoms with Crippen molar-refractivity contribution >= 4 is 5.97 Å². The van der Waals surface area contributed by atoms with E-state index in [0.29, 0.717) is 23.9 Å². The number of carbonyl (C=O) groups is 1. The predicted molar refractivity (Wildman–Crippen MR) is 130 cm³/mol. The lowest BCUT2D eigenvalue weighted by molar-refractivity contribution is -0.138. The minimum atomic E-state index is -0.180. The lowest BCUT2D eigenvalue weighted by Crippen LogP contribution is -2.17. The zero-order chi connectivity index (χ0) is 23.0. The van der Waals surface area contributed by atoms with Crippen molar-refractivity contribution in [3.05, 3.63) is 36.7 Å². The van der Waals surface area contributed by atoms with Crippen LogP contribution in [0.2, 0.25) is 0 Å². The highest BCUT2D eigenvalue weighted by Crippen LogP contribution is 2.22. The van der Waals surface area contributed by atoms with Crippen LogP contribution in [-0.2, 0) is 4.79 Å². The topological polar surface area (TPSA) is 61.3 Å². The normalized spacial score (nSPS) is 11.8. The first-order valence-electron chi connectivity index (χ1n) is 12.4. The minimum absolute atomic E-state index is 0.0868. The maximum absolute atomic E-state index is 12.1. The lowest BCUT2D eigenvalue weighted by atomic mass is 10.1. The molecule has 5 heteroatoms. The molecule has 0 aliphatic heterocycles. The SMILES string of the molecule is CCCCCCCCCCOc1cnc(-c2ccc(OC(=O)C(C)CCCC)cc2)nc1. The Morgan fingerprint density at radius 1 is 0.812 bits per heavy atom. The van der Waals surface area contributed by atoms with Crippen LogP contribution in [-0.4, -0.2) is 22.5 Å². The van der Waals surface area contributed by atoms with Gasteiger partial charge in [-0.3, -0.25) is 4.79 Å². The maximum atomic E-state index is 12.1. The molecule has 0 amide bonds. The third-order valence-electron chi connectivity index (χ3n) is 5.62. The van der Waals surface area contributed by atoms with Crippen LogP contribution >= 0.6 is 0 Å². The Kier molecular flexibility index (Phi) is 12.4. The van der Waals surface area contributed by atoms with E-state index in [0.717, 1.165) is 31.2 Å². The Hall–Kier alpha value is -2.43. The molecule has 0 aliphatic rings. The van der Waals surface area contributed by atoms with Gasteiger partial charge in [-0.15, -0.1) is 0 Å². The summed E-state index contributed by atoms with van der Waals surface area (Å²) in [4.78, 5) is 21.0. The molecule has 1 aromatic heterocycles. The number of aromatic nitrogens is 2. The van der Waals surface area contributed by atoms with Crippen molar-refractivity contribution in [2.75, 3.05) is 6.61 Å². The monoisotopic (exact) mass is 440 g/mol. The molecule has 1 unspecified atom stereocenters. The number of hydrogen-bond donors (Lipinski definition) is 0. The number of nitrogens with zero attached hydrogens (tertiary/aromatic N) is 2. The van der Waals surface area contributed by atoms with Gasteiger partial charge >= 0.3 is 5.97 Å². The first kappa shape index (κ1) is 25.8. The molecule has 0 bridgehead atoms. The molecule has 0 aliphatic carbocycles. The largest absolute Gasteiger partial charge is 0.490 e.